The van der Waals surface area contributed by atoms with Crippen LogP contribution in [0.15, 0.2) is 59.4 Å². The topological polar surface area (TPSA) is 53.1 Å². The average molecular weight is 251 g/mol. The van der Waals surface area contributed by atoms with Crippen molar-refractivity contribution in [3.8, 4) is 5.75 Å². The maximum atomic E-state index is 12.0. The number of aromatic amines is 1. The van der Waals surface area contributed by atoms with E-state index in [0.29, 0.717) is 12.0 Å². The highest BCUT2D eigenvalue weighted by Crippen LogP contribution is 2.18. The number of hydrogen-bond donors (Lipinski definition) is 2. The Kier molecular flexibility index (Phi) is 2.80. The van der Waals surface area contributed by atoms with Crippen LogP contribution in [0.1, 0.15) is 11.1 Å². The van der Waals surface area contributed by atoms with Crippen LogP contribution in [0.3, 0.4) is 0 Å². The Balaban J connectivity index is 2.08. The summed E-state index contributed by atoms with van der Waals surface area (Å²) in [6.45, 7) is 0. The number of benzene rings is 2. The van der Waals surface area contributed by atoms with E-state index in [-0.39, 0.29) is 11.3 Å². The Morgan fingerprint density at radius 1 is 1.00 bits per heavy atom. The van der Waals surface area contributed by atoms with Crippen LogP contribution in [0, 0.1) is 0 Å². The van der Waals surface area contributed by atoms with Crippen molar-refractivity contribution in [3.05, 3.63) is 76.1 Å². The van der Waals surface area contributed by atoms with Crippen molar-refractivity contribution < 1.29 is 5.11 Å². The molecule has 0 unspecified atom stereocenters. The van der Waals surface area contributed by atoms with Crippen molar-refractivity contribution in [2.75, 3.05) is 0 Å². The minimum atomic E-state index is -0.0814. The minimum Gasteiger partial charge on any atom is -0.508 e. The van der Waals surface area contributed by atoms with E-state index in [2.05, 4.69) is 4.98 Å². The van der Waals surface area contributed by atoms with Crippen molar-refractivity contribution in [1.29, 1.82) is 0 Å². The number of H-pyrrole nitrogens is 1. The van der Waals surface area contributed by atoms with Gasteiger partial charge in [-0.2, -0.15) is 0 Å². The van der Waals surface area contributed by atoms with Crippen LogP contribution in [-0.2, 0) is 6.42 Å². The number of nitrogens with one attached hydrogen (secondary N) is 1. The molecule has 3 aromatic rings. The fraction of sp³-hybridized carbons (Fsp3) is 0.0625. The second-order valence-corrected chi connectivity index (χ2v) is 4.56. The number of aromatic hydroxyl groups is 1. The zero-order chi connectivity index (χ0) is 13.2. The second-order valence-electron chi connectivity index (χ2n) is 4.56. The quantitative estimate of drug-likeness (QED) is 0.735. The maximum Gasteiger partial charge on any atom is 0.251 e. The van der Waals surface area contributed by atoms with Gasteiger partial charge >= 0.3 is 0 Å². The van der Waals surface area contributed by atoms with Crippen LogP contribution < -0.4 is 5.56 Å². The van der Waals surface area contributed by atoms with E-state index >= 15 is 0 Å². The standard InChI is InChI=1S/C16H13NO2/c18-14-6-7-15-12(10-14)9-13(16(19)17-15)8-11-4-2-1-3-5-11/h1-7,9-10,18H,8H2,(H,17,19). The van der Waals surface area contributed by atoms with Crippen LogP contribution in [0.25, 0.3) is 10.9 Å². The Bertz CT molecular complexity index is 776. The highest BCUT2D eigenvalue weighted by atomic mass is 16.3. The van der Waals surface area contributed by atoms with Crippen LogP contribution in [0.5, 0.6) is 5.75 Å². The summed E-state index contributed by atoms with van der Waals surface area (Å²) in [5.74, 6) is 0.199. The van der Waals surface area contributed by atoms with E-state index in [1.807, 2.05) is 36.4 Å². The first kappa shape index (κ1) is 11.5. The van der Waals surface area contributed by atoms with Gasteiger partial charge in [-0.15, -0.1) is 0 Å². The lowest BCUT2D eigenvalue weighted by Gasteiger charge is -2.04. The van der Waals surface area contributed by atoms with Gasteiger partial charge in [0.15, 0.2) is 0 Å². The van der Waals surface area contributed by atoms with Crippen molar-refractivity contribution in [1.82, 2.24) is 4.98 Å². The molecular weight excluding hydrogens is 238 g/mol. The fourth-order valence-electron chi connectivity index (χ4n) is 2.19. The fourth-order valence-corrected chi connectivity index (χ4v) is 2.19. The number of rotatable bonds is 2. The number of aromatic nitrogens is 1. The summed E-state index contributed by atoms with van der Waals surface area (Å²) in [5, 5.41) is 10.3. The van der Waals surface area contributed by atoms with Gasteiger partial charge in [-0.25, -0.2) is 0 Å². The number of fused-ring (bicyclic) bond motifs is 1. The van der Waals surface area contributed by atoms with Crippen molar-refractivity contribution in [2.24, 2.45) is 0 Å². The van der Waals surface area contributed by atoms with Crippen LogP contribution >= 0.6 is 0 Å². The number of hydrogen-bond acceptors (Lipinski definition) is 2. The summed E-state index contributed by atoms with van der Waals surface area (Å²) >= 11 is 0. The van der Waals surface area contributed by atoms with Crippen LogP contribution in [0.2, 0.25) is 0 Å². The van der Waals surface area contributed by atoms with Gasteiger partial charge in [0.25, 0.3) is 5.56 Å². The molecule has 0 aliphatic rings. The van der Waals surface area contributed by atoms with Gasteiger partial charge in [0.1, 0.15) is 5.75 Å². The summed E-state index contributed by atoms with van der Waals surface area (Å²) in [4.78, 5) is 14.8. The summed E-state index contributed by atoms with van der Waals surface area (Å²) in [6, 6.07) is 16.6. The van der Waals surface area contributed by atoms with Gasteiger partial charge < -0.3 is 10.1 Å². The Morgan fingerprint density at radius 3 is 2.58 bits per heavy atom. The normalized spacial score (nSPS) is 10.7. The third-order valence-corrected chi connectivity index (χ3v) is 3.14. The van der Waals surface area contributed by atoms with Gasteiger partial charge in [0.05, 0.1) is 0 Å². The van der Waals surface area contributed by atoms with Gasteiger partial charge in [0, 0.05) is 22.9 Å². The zero-order valence-electron chi connectivity index (χ0n) is 10.3. The van der Waals surface area contributed by atoms with E-state index in [4.69, 9.17) is 0 Å². The third kappa shape index (κ3) is 2.36. The predicted octanol–water partition coefficient (Wildman–Crippen LogP) is 2.82. The molecule has 0 saturated heterocycles. The molecule has 1 heterocycles. The smallest absolute Gasteiger partial charge is 0.251 e. The Morgan fingerprint density at radius 2 is 1.79 bits per heavy atom. The molecule has 0 spiro atoms. The van der Waals surface area contributed by atoms with Gasteiger partial charge in [-0.3, -0.25) is 4.79 Å². The molecule has 3 nitrogen and oxygen atoms in total. The molecule has 0 radical (unpaired) electrons. The highest BCUT2D eigenvalue weighted by molar-refractivity contribution is 5.80. The van der Waals surface area contributed by atoms with Crippen molar-refractivity contribution >= 4 is 10.9 Å². The average Bonchev–Trinajstić information content (AvgIpc) is 2.41. The van der Waals surface area contributed by atoms with Gasteiger partial charge in [-0.1, -0.05) is 30.3 Å². The lowest BCUT2D eigenvalue weighted by molar-refractivity contribution is 0.476. The summed E-state index contributed by atoms with van der Waals surface area (Å²) < 4.78 is 0. The molecule has 0 atom stereocenters. The summed E-state index contributed by atoms with van der Waals surface area (Å²) in [7, 11) is 0. The van der Waals surface area contributed by atoms with E-state index in [1.54, 1.807) is 18.2 Å². The van der Waals surface area contributed by atoms with Crippen molar-refractivity contribution in [2.45, 2.75) is 6.42 Å². The van der Waals surface area contributed by atoms with Crippen LogP contribution in [-0.4, -0.2) is 10.1 Å². The number of pyridine rings is 1. The molecular formula is C16H13NO2. The van der Waals surface area contributed by atoms with E-state index < -0.39 is 0 Å². The molecule has 3 rings (SSSR count). The van der Waals surface area contributed by atoms with Gasteiger partial charge in [0.2, 0.25) is 0 Å². The molecule has 2 N–H and O–H groups in total. The van der Waals surface area contributed by atoms with E-state index in [9.17, 15) is 9.90 Å². The molecule has 1 aromatic heterocycles. The minimum absolute atomic E-state index is 0.0814. The second kappa shape index (κ2) is 4.61. The summed E-state index contributed by atoms with van der Waals surface area (Å²) in [5.41, 5.74) is 2.44. The lowest BCUT2D eigenvalue weighted by Crippen LogP contribution is -2.12. The Labute approximate surface area is 110 Å². The molecule has 0 aliphatic heterocycles. The SMILES string of the molecule is O=c1[nH]c2ccc(O)cc2cc1Cc1ccccc1. The van der Waals surface area contributed by atoms with Gasteiger partial charge in [-0.05, 0) is 29.8 Å². The molecule has 19 heavy (non-hydrogen) atoms. The maximum absolute atomic E-state index is 12.0. The largest absolute Gasteiger partial charge is 0.508 e. The highest BCUT2D eigenvalue weighted by Gasteiger charge is 2.04. The van der Waals surface area contributed by atoms with Crippen molar-refractivity contribution in [3.63, 3.8) is 0 Å². The molecule has 3 heteroatoms. The molecule has 0 saturated carbocycles. The Hall–Kier alpha value is -2.55. The molecule has 0 bridgehead atoms. The summed E-state index contributed by atoms with van der Waals surface area (Å²) in [6.07, 6.45) is 0.585. The van der Waals surface area contributed by atoms with E-state index in [0.717, 1.165) is 16.5 Å². The molecule has 0 fully saturated rings. The molecule has 0 amide bonds. The lowest BCUT2D eigenvalue weighted by atomic mass is 10.0. The number of phenols is 1. The first-order valence-corrected chi connectivity index (χ1v) is 6.11. The predicted molar refractivity (Wildman–Crippen MR) is 75.5 cm³/mol. The first-order valence-electron chi connectivity index (χ1n) is 6.11. The molecule has 2 aromatic carbocycles. The molecule has 0 aliphatic carbocycles. The first-order chi connectivity index (χ1) is 9.22. The number of phenolic OH excluding ortho intramolecular Hbond substituents is 1. The van der Waals surface area contributed by atoms with E-state index in [1.165, 1.54) is 0 Å². The monoisotopic (exact) mass is 251 g/mol. The zero-order valence-corrected chi connectivity index (χ0v) is 10.3. The third-order valence-electron chi connectivity index (χ3n) is 3.14. The van der Waals surface area contributed by atoms with Crippen LogP contribution in [0.4, 0.5) is 0 Å². The molecule has 94 valence electrons.